The predicted octanol–water partition coefficient (Wildman–Crippen LogP) is -0.437. The number of carbonyl (C=O) groups is 1. The molecule has 0 aromatic rings. The molecule has 0 saturated carbocycles. The number of thiol groups is 1. The molecule has 7 nitrogen and oxygen atoms in total. The maximum absolute atomic E-state index is 10.7. The summed E-state index contributed by atoms with van der Waals surface area (Å²) in [5, 5.41) is 11.8. The molecule has 10 heteroatoms. The Bertz CT molecular complexity index is 365. The first-order chi connectivity index (χ1) is 10.2. The zero-order valence-corrected chi connectivity index (χ0v) is 17.8. The van der Waals surface area contributed by atoms with Gasteiger partial charge in [0.25, 0.3) is 0 Å². The molecule has 0 saturated heterocycles. The van der Waals surface area contributed by atoms with Crippen molar-refractivity contribution < 1.29 is 58.4 Å². The minimum absolute atomic E-state index is 0. The van der Waals surface area contributed by atoms with E-state index in [1.54, 1.807) is 0 Å². The fourth-order valence-corrected chi connectivity index (χ4v) is 2.05. The monoisotopic (exact) mass is 383 g/mol. The summed E-state index contributed by atoms with van der Waals surface area (Å²) < 4.78 is 31.6. The van der Waals surface area contributed by atoms with E-state index in [1.165, 1.54) is 44.9 Å². The summed E-state index contributed by atoms with van der Waals surface area (Å²) in [5.74, 6) is -0.452. The fraction of sp³-hybridized carbons (Fsp3) is 0.923. The van der Waals surface area contributed by atoms with Crippen molar-refractivity contribution >= 4 is 29.0 Å². The Kier molecular flexibility index (Phi) is 23.5. The fourth-order valence-electron chi connectivity index (χ4n) is 1.77. The molecule has 1 atom stereocenters. The topological polar surface area (TPSA) is 124 Å². The van der Waals surface area contributed by atoms with Crippen LogP contribution in [0.25, 0.3) is 0 Å². The van der Waals surface area contributed by atoms with Crippen molar-refractivity contribution in [1.82, 2.24) is 5.32 Å². The molecule has 0 rings (SSSR count). The smallest absolute Gasteiger partial charge is 1.00 e. The first-order valence-corrected chi connectivity index (χ1v) is 9.52. The van der Waals surface area contributed by atoms with Gasteiger partial charge in [-0.15, -0.1) is 0 Å². The van der Waals surface area contributed by atoms with E-state index < -0.39 is 22.4 Å². The molecule has 23 heavy (non-hydrogen) atoms. The van der Waals surface area contributed by atoms with Crippen LogP contribution in [-0.2, 0) is 15.2 Å². The van der Waals surface area contributed by atoms with Gasteiger partial charge in [-0.25, -0.2) is 0 Å². The van der Waals surface area contributed by atoms with E-state index >= 15 is 0 Å². The van der Waals surface area contributed by atoms with Gasteiger partial charge in [-0.05, 0) is 13.0 Å². The Balaban J connectivity index is -0.000000250. The summed E-state index contributed by atoms with van der Waals surface area (Å²) in [4.78, 5) is 10.7. The standard InChI is InChI=1S/C13H27NO2S.Na.H2O4S.H/c1-2-3-4-5-6-7-8-9-10-14-12(11-17)13(15)16;;1-5(2,3)4;/h12,14,17H,2-11H2,1H3,(H,15,16);;(H2,1,2,3,4);/q;+1;;-1. The summed E-state index contributed by atoms with van der Waals surface area (Å²) in [6.45, 7) is 3.01. The first-order valence-electron chi connectivity index (χ1n) is 7.49. The third-order valence-corrected chi connectivity index (χ3v) is 3.27. The van der Waals surface area contributed by atoms with Gasteiger partial charge in [-0.1, -0.05) is 51.9 Å². The summed E-state index contributed by atoms with van der Waals surface area (Å²) in [5.41, 5.74) is 0. The molecule has 0 aliphatic rings. The quantitative estimate of drug-likeness (QED) is 0.134. The van der Waals surface area contributed by atoms with Gasteiger partial charge < -0.3 is 11.8 Å². The van der Waals surface area contributed by atoms with E-state index in [4.69, 9.17) is 22.6 Å². The number of aliphatic carboxylic acids is 1. The second kappa shape index (κ2) is 19.0. The number of unbranched alkanes of at least 4 members (excludes halogenated alkanes) is 7. The third-order valence-electron chi connectivity index (χ3n) is 2.90. The molecule has 0 aromatic heterocycles. The van der Waals surface area contributed by atoms with Crippen molar-refractivity contribution in [3.8, 4) is 0 Å². The Labute approximate surface area is 168 Å². The molecule has 4 N–H and O–H groups in total. The third kappa shape index (κ3) is 31.0. The van der Waals surface area contributed by atoms with Crippen molar-refractivity contribution in [2.45, 2.75) is 64.3 Å². The predicted molar refractivity (Wildman–Crippen MR) is 91.2 cm³/mol. The van der Waals surface area contributed by atoms with E-state index in [9.17, 15) is 4.79 Å². The van der Waals surface area contributed by atoms with E-state index in [1.807, 2.05) is 0 Å². The summed E-state index contributed by atoms with van der Waals surface area (Å²) in [6, 6.07) is -0.497. The Morgan fingerprint density at radius 1 is 1.09 bits per heavy atom. The van der Waals surface area contributed by atoms with Gasteiger partial charge in [-0.3, -0.25) is 13.9 Å². The van der Waals surface area contributed by atoms with E-state index in [0.29, 0.717) is 5.75 Å². The van der Waals surface area contributed by atoms with Crippen LogP contribution in [0.5, 0.6) is 0 Å². The van der Waals surface area contributed by atoms with Crippen LogP contribution in [0.4, 0.5) is 0 Å². The molecule has 0 bridgehead atoms. The van der Waals surface area contributed by atoms with Gasteiger partial charge in [0.2, 0.25) is 0 Å². The maximum atomic E-state index is 10.7. The molecule has 0 aliphatic carbocycles. The second-order valence-corrected chi connectivity index (χ2v) is 6.21. The van der Waals surface area contributed by atoms with Crippen molar-refractivity contribution in [2.24, 2.45) is 0 Å². The Morgan fingerprint density at radius 3 is 1.83 bits per heavy atom. The molecular formula is C13H30NNaO6S2. The van der Waals surface area contributed by atoms with Gasteiger partial charge in [0, 0.05) is 5.75 Å². The van der Waals surface area contributed by atoms with Crippen LogP contribution in [0.3, 0.4) is 0 Å². The van der Waals surface area contributed by atoms with Gasteiger partial charge in [0.15, 0.2) is 0 Å². The van der Waals surface area contributed by atoms with Crippen LogP contribution >= 0.6 is 12.6 Å². The molecular weight excluding hydrogens is 353 g/mol. The van der Waals surface area contributed by atoms with Gasteiger partial charge in [-0.2, -0.15) is 21.0 Å². The molecule has 0 aromatic carbocycles. The van der Waals surface area contributed by atoms with E-state index in [2.05, 4.69) is 24.9 Å². The number of carboxylic acids is 1. The van der Waals surface area contributed by atoms with Gasteiger partial charge >= 0.3 is 45.9 Å². The van der Waals surface area contributed by atoms with Crippen molar-refractivity contribution in [2.75, 3.05) is 12.3 Å². The molecule has 0 fully saturated rings. The van der Waals surface area contributed by atoms with E-state index in [-0.39, 0.29) is 31.0 Å². The number of hydrogen-bond donors (Lipinski definition) is 5. The zero-order chi connectivity index (χ0) is 17.4. The van der Waals surface area contributed by atoms with Crippen LogP contribution < -0.4 is 34.9 Å². The summed E-state index contributed by atoms with van der Waals surface area (Å²) in [7, 11) is -4.67. The number of rotatable bonds is 12. The average molecular weight is 384 g/mol. The second-order valence-electron chi connectivity index (χ2n) is 4.95. The SMILES string of the molecule is CCCCCCCCCCNC(CS)C(=O)O.O=S(=O)(O)O.[H-].[Na+]. The number of carboxylic acid groups (broad SMARTS) is 1. The Morgan fingerprint density at radius 2 is 1.48 bits per heavy atom. The van der Waals surface area contributed by atoms with Crippen LogP contribution in [0.2, 0.25) is 0 Å². The minimum atomic E-state index is -4.67. The molecule has 0 amide bonds. The minimum Gasteiger partial charge on any atom is -1.00 e. The van der Waals surface area contributed by atoms with Crippen molar-refractivity contribution in [3.05, 3.63) is 0 Å². The molecule has 0 spiro atoms. The van der Waals surface area contributed by atoms with Crippen LogP contribution in [0.15, 0.2) is 0 Å². The average Bonchev–Trinajstić information content (AvgIpc) is 2.39. The largest absolute Gasteiger partial charge is 1.00 e. The van der Waals surface area contributed by atoms with Gasteiger partial charge in [0.1, 0.15) is 6.04 Å². The molecule has 136 valence electrons. The number of hydrogen-bond acceptors (Lipinski definition) is 5. The molecule has 0 radical (unpaired) electrons. The summed E-state index contributed by atoms with van der Waals surface area (Å²) in [6.07, 6.45) is 10.2. The van der Waals surface area contributed by atoms with Crippen LogP contribution in [0, 0.1) is 0 Å². The van der Waals surface area contributed by atoms with Crippen LogP contribution in [0.1, 0.15) is 59.7 Å². The normalized spacial score (nSPS) is 11.8. The van der Waals surface area contributed by atoms with Gasteiger partial charge in [0.05, 0.1) is 0 Å². The van der Waals surface area contributed by atoms with Crippen molar-refractivity contribution in [1.29, 1.82) is 0 Å². The molecule has 1 unspecified atom stereocenters. The van der Waals surface area contributed by atoms with E-state index in [0.717, 1.165) is 13.0 Å². The zero-order valence-electron chi connectivity index (χ0n) is 15.1. The molecule has 0 aliphatic heterocycles. The maximum Gasteiger partial charge on any atom is 1.00 e. The number of nitrogens with one attached hydrogen (secondary N) is 1. The summed E-state index contributed by atoms with van der Waals surface area (Å²) >= 11 is 4.00. The van der Waals surface area contributed by atoms with Crippen LogP contribution in [-0.4, -0.2) is 46.9 Å². The first kappa shape index (κ1) is 28.5. The van der Waals surface area contributed by atoms with Crippen molar-refractivity contribution in [3.63, 3.8) is 0 Å². The molecule has 0 heterocycles. The Hall–Kier alpha value is 0.650.